The number of amides is 1. The van der Waals surface area contributed by atoms with Gasteiger partial charge in [0.2, 0.25) is 0 Å². The van der Waals surface area contributed by atoms with E-state index in [0.29, 0.717) is 17.0 Å². The molecule has 146 valence electrons. The van der Waals surface area contributed by atoms with Crippen molar-refractivity contribution in [2.45, 2.75) is 6.42 Å². The fourth-order valence-electron chi connectivity index (χ4n) is 3.26. The topological polar surface area (TPSA) is 77.8 Å². The predicted molar refractivity (Wildman–Crippen MR) is 110 cm³/mol. The van der Waals surface area contributed by atoms with Gasteiger partial charge in [-0.3, -0.25) is 9.59 Å². The Labute approximate surface area is 167 Å². The molecule has 0 radical (unpaired) electrons. The Balaban J connectivity index is 1.41. The summed E-state index contributed by atoms with van der Waals surface area (Å²) in [7, 11) is 1.55. The molecular weight excluding hydrogens is 370 g/mol. The number of benzene rings is 3. The molecule has 1 heterocycles. The predicted octanol–water partition coefficient (Wildman–Crippen LogP) is 4.32. The maximum atomic E-state index is 12.3. The van der Waals surface area contributed by atoms with E-state index in [1.807, 2.05) is 36.4 Å². The first kappa shape index (κ1) is 18.6. The molecule has 6 nitrogen and oxygen atoms in total. The van der Waals surface area contributed by atoms with Gasteiger partial charge in [0.25, 0.3) is 5.91 Å². The Morgan fingerprint density at radius 2 is 1.90 bits per heavy atom. The quantitative estimate of drug-likeness (QED) is 0.497. The minimum Gasteiger partial charge on any atom is -0.497 e. The second-order valence-electron chi connectivity index (χ2n) is 6.54. The van der Waals surface area contributed by atoms with Crippen molar-refractivity contribution in [3.8, 4) is 5.75 Å². The highest BCUT2D eigenvalue weighted by atomic mass is 16.5. The fraction of sp³-hybridized carbons (Fsp3) is 0.130. The summed E-state index contributed by atoms with van der Waals surface area (Å²) in [5.74, 6) is -0.297. The standard InChI is InChI=1S/C23H19NO5/c1-27-18-7-4-6-17(12-18)24-21(25)14-29-22(26)11-16-13-28-20-10-9-15-5-2-3-8-19(15)23(16)20/h2-10,12-13H,11,14H2,1H3,(H,24,25). The van der Waals surface area contributed by atoms with E-state index < -0.39 is 11.9 Å². The van der Waals surface area contributed by atoms with Crippen LogP contribution in [0.15, 0.2) is 71.3 Å². The van der Waals surface area contributed by atoms with Gasteiger partial charge in [0.1, 0.15) is 11.3 Å². The molecule has 0 atom stereocenters. The van der Waals surface area contributed by atoms with Crippen molar-refractivity contribution < 1.29 is 23.5 Å². The summed E-state index contributed by atoms with van der Waals surface area (Å²) < 4.78 is 15.8. The van der Waals surface area contributed by atoms with E-state index in [1.165, 1.54) is 0 Å². The molecule has 1 N–H and O–H groups in total. The van der Waals surface area contributed by atoms with Crippen molar-refractivity contribution in [3.63, 3.8) is 0 Å². The van der Waals surface area contributed by atoms with Gasteiger partial charge in [0.15, 0.2) is 6.61 Å². The van der Waals surface area contributed by atoms with Gasteiger partial charge >= 0.3 is 5.97 Å². The van der Waals surface area contributed by atoms with Gasteiger partial charge in [-0.15, -0.1) is 0 Å². The van der Waals surface area contributed by atoms with E-state index in [9.17, 15) is 9.59 Å². The lowest BCUT2D eigenvalue weighted by atomic mass is 10.0. The molecule has 0 aliphatic carbocycles. The van der Waals surface area contributed by atoms with Crippen LogP contribution in [0.1, 0.15) is 5.56 Å². The molecule has 0 aliphatic rings. The fourth-order valence-corrected chi connectivity index (χ4v) is 3.26. The van der Waals surface area contributed by atoms with Crippen molar-refractivity contribution in [2.75, 3.05) is 19.0 Å². The molecule has 0 saturated carbocycles. The van der Waals surface area contributed by atoms with E-state index in [0.717, 1.165) is 21.7 Å². The number of fused-ring (bicyclic) bond motifs is 3. The van der Waals surface area contributed by atoms with E-state index >= 15 is 0 Å². The zero-order valence-electron chi connectivity index (χ0n) is 15.8. The number of nitrogens with one attached hydrogen (secondary N) is 1. The van der Waals surface area contributed by atoms with E-state index in [2.05, 4.69) is 5.32 Å². The number of hydrogen-bond donors (Lipinski definition) is 1. The molecule has 0 spiro atoms. The van der Waals surface area contributed by atoms with Crippen molar-refractivity contribution >= 4 is 39.3 Å². The second-order valence-corrected chi connectivity index (χ2v) is 6.54. The summed E-state index contributed by atoms with van der Waals surface area (Å²) in [5, 5.41) is 5.63. The highest BCUT2D eigenvalue weighted by molar-refractivity contribution is 6.08. The Hall–Kier alpha value is -3.80. The minimum absolute atomic E-state index is 0.0213. The largest absolute Gasteiger partial charge is 0.497 e. The highest BCUT2D eigenvalue weighted by Crippen LogP contribution is 2.30. The molecular formula is C23H19NO5. The molecule has 0 unspecified atom stereocenters. The van der Waals surface area contributed by atoms with Gasteiger partial charge in [-0.05, 0) is 29.0 Å². The Bertz CT molecular complexity index is 1190. The van der Waals surface area contributed by atoms with Gasteiger partial charge in [0, 0.05) is 22.7 Å². The molecule has 3 aromatic carbocycles. The van der Waals surface area contributed by atoms with Crippen LogP contribution in [0.5, 0.6) is 5.75 Å². The minimum atomic E-state index is -0.499. The average molecular weight is 389 g/mol. The number of carbonyl (C=O) groups excluding carboxylic acids is 2. The maximum Gasteiger partial charge on any atom is 0.310 e. The Morgan fingerprint density at radius 1 is 1.03 bits per heavy atom. The number of furan rings is 1. The van der Waals surface area contributed by atoms with Crippen LogP contribution in [0, 0.1) is 0 Å². The van der Waals surface area contributed by atoms with Crippen LogP contribution in [0.25, 0.3) is 21.7 Å². The number of ether oxygens (including phenoxy) is 2. The summed E-state index contributed by atoms with van der Waals surface area (Å²) in [5.41, 5.74) is 2.01. The summed E-state index contributed by atoms with van der Waals surface area (Å²) in [6.45, 7) is -0.368. The summed E-state index contributed by atoms with van der Waals surface area (Å²) >= 11 is 0. The average Bonchev–Trinajstić information content (AvgIpc) is 3.15. The van der Waals surface area contributed by atoms with Gasteiger partial charge in [-0.1, -0.05) is 36.4 Å². The van der Waals surface area contributed by atoms with Crippen molar-refractivity contribution in [1.82, 2.24) is 0 Å². The van der Waals surface area contributed by atoms with E-state index in [4.69, 9.17) is 13.9 Å². The summed E-state index contributed by atoms with van der Waals surface area (Å²) in [4.78, 5) is 24.3. The first-order chi connectivity index (χ1) is 14.1. The zero-order chi connectivity index (χ0) is 20.2. The van der Waals surface area contributed by atoms with Crippen LogP contribution in [-0.2, 0) is 20.7 Å². The van der Waals surface area contributed by atoms with Gasteiger partial charge in [0.05, 0.1) is 19.8 Å². The van der Waals surface area contributed by atoms with E-state index in [1.54, 1.807) is 37.6 Å². The molecule has 4 aromatic rings. The van der Waals surface area contributed by atoms with Gasteiger partial charge in [-0.25, -0.2) is 0 Å². The molecule has 0 aliphatic heterocycles. The van der Waals surface area contributed by atoms with Crippen LogP contribution in [0.4, 0.5) is 5.69 Å². The SMILES string of the molecule is COc1cccc(NC(=O)COC(=O)Cc2coc3ccc4ccccc4c23)c1. The lowest BCUT2D eigenvalue weighted by molar-refractivity contribution is -0.146. The number of esters is 1. The monoisotopic (exact) mass is 389 g/mol. The lowest BCUT2D eigenvalue weighted by Crippen LogP contribution is -2.21. The van der Waals surface area contributed by atoms with Gasteiger partial charge < -0.3 is 19.2 Å². The number of rotatable bonds is 6. The molecule has 0 bridgehead atoms. The molecule has 4 rings (SSSR count). The van der Waals surface area contributed by atoms with E-state index in [-0.39, 0.29) is 13.0 Å². The van der Waals surface area contributed by atoms with Crippen LogP contribution in [0.3, 0.4) is 0 Å². The third-order valence-electron chi connectivity index (χ3n) is 4.59. The molecule has 0 saturated heterocycles. The number of methoxy groups -OCH3 is 1. The normalized spacial score (nSPS) is 10.8. The summed E-state index contributed by atoms with van der Waals surface area (Å²) in [6, 6.07) is 18.7. The molecule has 1 aromatic heterocycles. The zero-order valence-corrected chi connectivity index (χ0v) is 15.8. The van der Waals surface area contributed by atoms with Crippen molar-refractivity contribution in [3.05, 3.63) is 72.5 Å². The van der Waals surface area contributed by atoms with Crippen molar-refractivity contribution in [1.29, 1.82) is 0 Å². The van der Waals surface area contributed by atoms with Crippen LogP contribution in [0.2, 0.25) is 0 Å². The highest BCUT2D eigenvalue weighted by Gasteiger charge is 2.15. The number of anilines is 1. The Morgan fingerprint density at radius 3 is 2.76 bits per heavy atom. The van der Waals surface area contributed by atoms with Crippen LogP contribution >= 0.6 is 0 Å². The lowest BCUT2D eigenvalue weighted by Gasteiger charge is -2.08. The smallest absolute Gasteiger partial charge is 0.310 e. The van der Waals surface area contributed by atoms with Crippen molar-refractivity contribution in [2.24, 2.45) is 0 Å². The molecule has 1 amide bonds. The summed E-state index contributed by atoms with van der Waals surface area (Å²) in [6.07, 6.45) is 1.59. The number of carbonyl (C=O) groups is 2. The molecule has 0 fully saturated rings. The van der Waals surface area contributed by atoms with Crippen LogP contribution in [-0.4, -0.2) is 25.6 Å². The molecule has 29 heavy (non-hydrogen) atoms. The Kier molecular flexibility index (Phi) is 5.16. The first-order valence-electron chi connectivity index (χ1n) is 9.11. The number of hydrogen-bond acceptors (Lipinski definition) is 5. The maximum absolute atomic E-state index is 12.3. The van der Waals surface area contributed by atoms with Crippen LogP contribution < -0.4 is 10.1 Å². The first-order valence-corrected chi connectivity index (χ1v) is 9.11. The van der Waals surface area contributed by atoms with Gasteiger partial charge in [-0.2, -0.15) is 0 Å². The molecule has 6 heteroatoms. The second kappa shape index (κ2) is 8.06. The third kappa shape index (κ3) is 4.06. The third-order valence-corrected chi connectivity index (χ3v) is 4.59.